The van der Waals surface area contributed by atoms with Crippen molar-refractivity contribution in [3.8, 4) is 0 Å². The average molecular weight is 347 g/mol. The van der Waals surface area contributed by atoms with E-state index in [1.165, 1.54) is 24.9 Å². The summed E-state index contributed by atoms with van der Waals surface area (Å²) >= 11 is 6.01. The van der Waals surface area contributed by atoms with Crippen LogP contribution in [0.3, 0.4) is 0 Å². The quantitative estimate of drug-likeness (QED) is 0.616. The summed E-state index contributed by atoms with van der Waals surface area (Å²) in [5.74, 6) is 1.03. The minimum atomic E-state index is 0.778. The lowest BCUT2D eigenvalue weighted by Gasteiger charge is -2.33. The van der Waals surface area contributed by atoms with Gasteiger partial charge in [0.1, 0.15) is 5.82 Å². The van der Waals surface area contributed by atoms with Crippen LogP contribution in [-0.4, -0.2) is 43.2 Å². The van der Waals surface area contributed by atoms with Crippen LogP contribution in [0.4, 0.5) is 5.82 Å². The molecule has 0 aliphatic carbocycles. The van der Waals surface area contributed by atoms with Gasteiger partial charge in [-0.25, -0.2) is 4.98 Å². The van der Waals surface area contributed by atoms with Crippen LogP contribution < -0.4 is 4.90 Å². The molecule has 0 amide bonds. The van der Waals surface area contributed by atoms with E-state index in [9.17, 15) is 0 Å². The molecule has 1 aromatic heterocycles. The Kier molecular flexibility index (Phi) is 7.07. The number of likely N-dealkylation sites (N-methyl/N-ethyl adjacent to an activating group) is 1. The summed E-state index contributed by atoms with van der Waals surface area (Å²) in [6.45, 7) is 6.40. The molecule has 0 saturated heterocycles. The molecule has 0 saturated carbocycles. The molecule has 2 rings (SSSR count). The Morgan fingerprint density at radius 1 is 1.04 bits per heavy atom. The third-order valence-corrected chi connectivity index (χ3v) is 4.60. The van der Waals surface area contributed by atoms with Gasteiger partial charge in [0.25, 0.3) is 0 Å². The molecule has 130 valence electrons. The number of benzene rings is 1. The van der Waals surface area contributed by atoms with Gasteiger partial charge < -0.3 is 9.38 Å². The maximum absolute atomic E-state index is 6.01. The number of rotatable bonds is 9. The van der Waals surface area contributed by atoms with Crippen LogP contribution >= 0.6 is 11.6 Å². The van der Waals surface area contributed by atoms with Crippen LogP contribution in [0.1, 0.15) is 25.3 Å². The number of halogens is 1. The number of anilines is 1. The van der Waals surface area contributed by atoms with Crippen LogP contribution in [0.5, 0.6) is 0 Å². The summed E-state index contributed by atoms with van der Waals surface area (Å²) in [7, 11) is 4.63. The molecule has 0 aliphatic rings. The van der Waals surface area contributed by atoms with Gasteiger partial charge in [-0.05, 0) is 36.2 Å². The standard InChI is InChI=1S/C20H29ClN3/c1-4-5-15-24(2,3)16-14-23(20-8-6-7-13-22-20)17-18-9-11-19(21)12-10-18/h6-13H,4-5,14-17H2,1-3H3/q+1. The van der Waals surface area contributed by atoms with E-state index in [0.717, 1.165) is 35.0 Å². The highest BCUT2D eigenvalue weighted by molar-refractivity contribution is 6.30. The maximum atomic E-state index is 6.01. The van der Waals surface area contributed by atoms with Gasteiger partial charge in [0.15, 0.2) is 0 Å². The van der Waals surface area contributed by atoms with Gasteiger partial charge in [0.05, 0.1) is 33.7 Å². The summed E-state index contributed by atoms with van der Waals surface area (Å²) in [5.41, 5.74) is 1.25. The van der Waals surface area contributed by atoms with Crippen molar-refractivity contribution in [2.75, 3.05) is 38.6 Å². The Balaban J connectivity index is 2.07. The van der Waals surface area contributed by atoms with E-state index in [1.807, 2.05) is 30.5 Å². The van der Waals surface area contributed by atoms with Crippen molar-refractivity contribution in [1.82, 2.24) is 4.98 Å². The summed E-state index contributed by atoms with van der Waals surface area (Å²) < 4.78 is 1.04. The fourth-order valence-corrected chi connectivity index (χ4v) is 2.84. The molecule has 0 aliphatic heterocycles. The Morgan fingerprint density at radius 2 is 1.79 bits per heavy atom. The zero-order valence-electron chi connectivity index (χ0n) is 15.1. The van der Waals surface area contributed by atoms with Crippen molar-refractivity contribution < 1.29 is 4.48 Å². The second-order valence-corrected chi connectivity index (χ2v) is 7.41. The van der Waals surface area contributed by atoms with Gasteiger partial charge in [0, 0.05) is 17.8 Å². The van der Waals surface area contributed by atoms with E-state index in [1.54, 1.807) is 0 Å². The topological polar surface area (TPSA) is 16.1 Å². The fourth-order valence-electron chi connectivity index (χ4n) is 2.71. The molecule has 0 atom stereocenters. The van der Waals surface area contributed by atoms with Crippen LogP contribution in [0.15, 0.2) is 48.7 Å². The zero-order chi connectivity index (χ0) is 17.4. The predicted octanol–water partition coefficient (Wildman–Crippen LogP) is 4.62. The van der Waals surface area contributed by atoms with E-state index in [0.29, 0.717) is 0 Å². The Hall–Kier alpha value is -1.58. The van der Waals surface area contributed by atoms with Crippen LogP contribution in [-0.2, 0) is 6.54 Å². The molecule has 0 bridgehead atoms. The lowest BCUT2D eigenvalue weighted by molar-refractivity contribution is -0.889. The highest BCUT2D eigenvalue weighted by Gasteiger charge is 2.17. The Morgan fingerprint density at radius 3 is 2.42 bits per heavy atom. The monoisotopic (exact) mass is 346 g/mol. The molecule has 1 aromatic carbocycles. The number of hydrogen-bond acceptors (Lipinski definition) is 2. The molecular formula is C20H29ClN3+. The van der Waals surface area contributed by atoms with Crippen molar-refractivity contribution in [1.29, 1.82) is 0 Å². The highest BCUT2D eigenvalue weighted by Crippen LogP contribution is 2.17. The van der Waals surface area contributed by atoms with Gasteiger partial charge in [0.2, 0.25) is 0 Å². The summed E-state index contributed by atoms with van der Waals surface area (Å²) in [5, 5.41) is 0.778. The molecule has 24 heavy (non-hydrogen) atoms. The van der Waals surface area contributed by atoms with Gasteiger partial charge >= 0.3 is 0 Å². The normalized spacial score (nSPS) is 11.5. The van der Waals surface area contributed by atoms with E-state index in [4.69, 9.17) is 11.6 Å². The fraction of sp³-hybridized carbons (Fsp3) is 0.450. The van der Waals surface area contributed by atoms with Crippen LogP contribution in [0.2, 0.25) is 5.02 Å². The molecule has 1 heterocycles. The number of hydrogen-bond donors (Lipinski definition) is 0. The SMILES string of the molecule is CCCC[N+](C)(C)CCN(Cc1ccc(Cl)cc1)c1ccccn1. The van der Waals surface area contributed by atoms with Crippen molar-refractivity contribution in [2.45, 2.75) is 26.3 Å². The van der Waals surface area contributed by atoms with E-state index < -0.39 is 0 Å². The molecule has 2 aromatic rings. The van der Waals surface area contributed by atoms with Crippen molar-refractivity contribution in [2.24, 2.45) is 0 Å². The second-order valence-electron chi connectivity index (χ2n) is 6.97. The summed E-state index contributed by atoms with van der Waals surface area (Å²) in [6, 6.07) is 14.2. The second kappa shape index (κ2) is 9.05. The van der Waals surface area contributed by atoms with Gasteiger partial charge in [-0.2, -0.15) is 0 Å². The van der Waals surface area contributed by atoms with Crippen LogP contribution in [0.25, 0.3) is 0 Å². The average Bonchev–Trinajstić information content (AvgIpc) is 2.59. The molecule has 0 spiro atoms. The zero-order valence-corrected chi connectivity index (χ0v) is 15.8. The third-order valence-electron chi connectivity index (χ3n) is 4.35. The molecule has 0 N–H and O–H groups in total. The van der Waals surface area contributed by atoms with Crippen molar-refractivity contribution >= 4 is 17.4 Å². The van der Waals surface area contributed by atoms with Gasteiger partial charge in [-0.15, -0.1) is 0 Å². The third kappa shape index (κ3) is 6.14. The molecule has 0 unspecified atom stereocenters. The van der Waals surface area contributed by atoms with Crippen molar-refractivity contribution in [3.05, 3.63) is 59.2 Å². The molecule has 3 nitrogen and oxygen atoms in total. The molecule has 0 fully saturated rings. The van der Waals surface area contributed by atoms with Gasteiger partial charge in [-0.3, -0.25) is 0 Å². The number of unbranched alkanes of at least 4 members (excludes halogenated alkanes) is 1. The smallest absolute Gasteiger partial charge is 0.128 e. The first-order valence-electron chi connectivity index (χ1n) is 8.72. The Labute approximate surface area is 151 Å². The maximum Gasteiger partial charge on any atom is 0.128 e. The lowest BCUT2D eigenvalue weighted by Crippen LogP contribution is -2.46. The highest BCUT2D eigenvalue weighted by atomic mass is 35.5. The molecule has 0 radical (unpaired) electrons. The van der Waals surface area contributed by atoms with E-state index in [-0.39, 0.29) is 0 Å². The number of aromatic nitrogens is 1. The largest absolute Gasteiger partial charge is 0.347 e. The van der Waals surface area contributed by atoms with Crippen LogP contribution in [0, 0.1) is 0 Å². The first-order chi connectivity index (χ1) is 11.5. The van der Waals surface area contributed by atoms with Gasteiger partial charge in [-0.1, -0.05) is 43.1 Å². The lowest BCUT2D eigenvalue weighted by atomic mass is 10.2. The molecule has 4 heteroatoms. The first-order valence-corrected chi connectivity index (χ1v) is 9.10. The Bertz CT molecular complexity index is 596. The predicted molar refractivity (Wildman–Crippen MR) is 103 cm³/mol. The minimum absolute atomic E-state index is 0.778. The molecular weight excluding hydrogens is 318 g/mol. The number of nitrogens with zero attached hydrogens (tertiary/aromatic N) is 3. The first kappa shape index (κ1) is 18.8. The number of pyridine rings is 1. The minimum Gasteiger partial charge on any atom is -0.347 e. The number of quaternary nitrogens is 1. The summed E-state index contributed by atoms with van der Waals surface area (Å²) in [6.07, 6.45) is 4.38. The van der Waals surface area contributed by atoms with E-state index >= 15 is 0 Å². The van der Waals surface area contributed by atoms with E-state index in [2.05, 4.69) is 49.1 Å². The van der Waals surface area contributed by atoms with Crippen molar-refractivity contribution in [3.63, 3.8) is 0 Å². The summed E-state index contributed by atoms with van der Waals surface area (Å²) in [4.78, 5) is 6.90.